The van der Waals surface area contributed by atoms with Gasteiger partial charge in [-0.15, -0.1) is 0 Å². The van der Waals surface area contributed by atoms with Crippen LogP contribution in [0.3, 0.4) is 0 Å². The summed E-state index contributed by atoms with van der Waals surface area (Å²) in [4.78, 5) is 18.5. The van der Waals surface area contributed by atoms with Crippen LogP contribution >= 0.6 is 0 Å². The maximum absolute atomic E-state index is 12.1. The van der Waals surface area contributed by atoms with E-state index in [0.29, 0.717) is 11.6 Å². The van der Waals surface area contributed by atoms with Gasteiger partial charge >= 0.3 is 0 Å². The van der Waals surface area contributed by atoms with Gasteiger partial charge in [0.05, 0.1) is 5.56 Å². The average Bonchev–Trinajstić information content (AvgIpc) is 2.57. The number of benzene rings is 1. The van der Waals surface area contributed by atoms with Gasteiger partial charge in [0.25, 0.3) is 5.91 Å². The van der Waals surface area contributed by atoms with Crippen molar-refractivity contribution in [2.24, 2.45) is 0 Å². The molecule has 1 fully saturated rings. The third kappa shape index (κ3) is 3.27. The van der Waals surface area contributed by atoms with Gasteiger partial charge in [-0.25, -0.2) is 0 Å². The molecule has 1 aliphatic heterocycles. The molecule has 0 unspecified atom stereocenters. The zero-order valence-electron chi connectivity index (χ0n) is 12.8. The zero-order chi connectivity index (χ0) is 15.4. The van der Waals surface area contributed by atoms with E-state index in [-0.39, 0.29) is 5.91 Å². The van der Waals surface area contributed by atoms with E-state index >= 15 is 0 Å². The first kappa shape index (κ1) is 14.6. The van der Waals surface area contributed by atoms with Gasteiger partial charge in [-0.05, 0) is 62.6 Å². The van der Waals surface area contributed by atoms with Gasteiger partial charge < -0.3 is 10.2 Å². The summed E-state index contributed by atoms with van der Waals surface area (Å²) in [7, 11) is 0. The quantitative estimate of drug-likeness (QED) is 0.938. The number of rotatable bonds is 3. The fraction of sp³-hybridized carbons (Fsp3) is 0.333. The van der Waals surface area contributed by atoms with Crippen LogP contribution in [0.5, 0.6) is 0 Å². The highest BCUT2D eigenvalue weighted by Crippen LogP contribution is 2.25. The van der Waals surface area contributed by atoms with E-state index in [1.54, 1.807) is 24.5 Å². The first-order chi connectivity index (χ1) is 10.7. The normalized spacial score (nSPS) is 18.0. The smallest absolute Gasteiger partial charge is 0.257 e. The molecular formula is C18H21N3O. The molecule has 4 heteroatoms. The third-order valence-corrected chi connectivity index (χ3v) is 4.18. The monoisotopic (exact) mass is 295 g/mol. The molecule has 1 amide bonds. The van der Waals surface area contributed by atoms with Crippen molar-refractivity contribution in [1.29, 1.82) is 0 Å². The molecule has 1 saturated heterocycles. The Kier molecular flexibility index (Phi) is 4.37. The van der Waals surface area contributed by atoms with Crippen LogP contribution < -0.4 is 10.2 Å². The Bertz CT molecular complexity index is 625. The number of anilines is 2. The van der Waals surface area contributed by atoms with Crippen LogP contribution in [0.4, 0.5) is 11.4 Å². The van der Waals surface area contributed by atoms with Crippen molar-refractivity contribution in [2.45, 2.75) is 32.2 Å². The number of nitrogens with one attached hydrogen (secondary N) is 1. The van der Waals surface area contributed by atoms with E-state index in [1.165, 1.54) is 24.9 Å². The molecule has 1 aromatic carbocycles. The molecule has 0 radical (unpaired) electrons. The number of aromatic nitrogens is 1. The second-order valence-electron chi connectivity index (χ2n) is 5.78. The summed E-state index contributed by atoms with van der Waals surface area (Å²) in [5.74, 6) is -0.132. The maximum Gasteiger partial charge on any atom is 0.257 e. The molecule has 0 saturated carbocycles. The largest absolute Gasteiger partial charge is 0.369 e. The molecule has 2 heterocycles. The number of carbonyl (C=O) groups is 1. The lowest BCUT2D eigenvalue weighted by atomic mass is 10.0. The maximum atomic E-state index is 12.1. The molecule has 0 bridgehead atoms. The van der Waals surface area contributed by atoms with Crippen molar-refractivity contribution in [1.82, 2.24) is 4.98 Å². The van der Waals surface area contributed by atoms with E-state index in [0.717, 1.165) is 12.2 Å². The molecule has 114 valence electrons. The standard InChI is InChI=1S/C18H21N3O/c1-14-5-2-3-12-21(14)17-9-7-16(8-10-17)20-18(22)15-6-4-11-19-13-15/h4,6-11,13-14H,2-3,5,12H2,1H3,(H,20,22)/t14-/m1/s1. The highest BCUT2D eigenvalue weighted by molar-refractivity contribution is 6.04. The number of nitrogens with zero attached hydrogens (tertiary/aromatic N) is 2. The van der Waals surface area contributed by atoms with Crippen molar-refractivity contribution < 1.29 is 4.79 Å². The minimum absolute atomic E-state index is 0.132. The summed E-state index contributed by atoms with van der Waals surface area (Å²) in [6, 6.07) is 12.2. The SMILES string of the molecule is C[C@@H]1CCCCN1c1ccc(NC(=O)c2cccnc2)cc1. The Morgan fingerprint density at radius 1 is 1.23 bits per heavy atom. The minimum atomic E-state index is -0.132. The van der Waals surface area contributed by atoms with Crippen molar-refractivity contribution >= 4 is 17.3 Å². The lowest BCUT2D eigenvalue weighted by molar-refractivity contribution is 0.102. The molecule has 1 N–H and O–H groups in total. The van der Waals surface area contributed by atoms with Gasteiger partial charge in [0, 0.05) is 36.4 Å². The molecule has 1 aliphatic rings. The lowest BCUT2D eigenvalue weighted by Crippen LogP contribution is -2.37. The zero-order valence-corrected chi connectivity index (χ0v) is 12.8. The van der Waals surface area contributed by atoms with Crippen LogP contribution in [0.1, 0.15) is 36.5 Å². The molecule has 0 aliphatic carbocycles. The van der Waals surface area contributed by atoms with Gasteiger partial charge in [0.2, 0.25) is 0 Å². The van der Waals surface area contributed by atoms with E-state index in [1.807, 2.05) is 12.1 Å². The Hall–Kier alpha value is -2.36. The fourth-order valence-electron chi connectivity index (χ4n) is 2.92. The van der Waals surface area contributed by atoms with Gasteiger partial charge in [-0.1, -0.05) is 0 Å². The van der Waals surface area contributed by atoms with E-state index in [9.17, 15) is 4.79 Å². The fourth-order valence-corrected chi connectivity index (χ4v) is 2.92. The molecule has 4 nitrogen and oxygen atoms in total. The Morgan fingerprint density at radius 3 is 2.73 bits per heavy atom. The van der Waals surface area contributed by atoms with Crippen molar-refractivity contribution in [3.63, 3.8) is 0 Å². The van der Waals surface area contributed by atoms with E-state index in [2.05, 4.69) is 34.3 Å². The summed E-state index contributed by atoms with van der Waals surface area (Å²) >= 11 is 0. The van der Waals surface area contributed by atoms with Crippen LogP contribution in [0, 0.1) is 0 Å². The minimum Gasteiger partial charge on any atom is -0.369 e. The number of pyridine rings is 1. The highest BCUT2D eigenvalue weighted by Gasteiger charge is 2.18. The average molecular weight is 295 g/mol. The summed E-state index contributed by atoms with van der Waals surface area (Å²) in [6.45, 7) is 3.39. The van der Waals surface area contributed by atoms with Crippen LogP contribution in [-0.2, 0) is 0 Å². The summed E-state index contributed by atoms with van der Waals surface area (Å²) < 4.78 is 0. The Balaban J connectivity index is 1.68. The first-order valence-electron chi connectivity index (χ1n) is 7.82. The second-order valence-corrected chi connectivity index (χ2v) is 5.78. The van der Waals surface area contributed by atoms with Crippen molar-refractivity contribution in [3.8, 4) is 0 Å². The number of carbonyl (C=O) groups excluding carboxylic acids is 1. The second kappa shape index (κ2) is 6.60. The highest BCUT2D eigenvalue weighted by atomic mass is 16.1. The topological polar surface area (TPSA) is 45.2 Å². The Morgan fingerprint density at radius 2 is 2.05 bits per heavy atom. The molecular weight excluding hydrogens is 274 g/mol. The molecule has 1 aromatic heterocycles. The van der Waals surface area contributed by atoms with Crippen LogP contribution in [-0.4, -0.2) is 23.5 Å². The summed E-state index contributed by atoms with van der Waals surface area (Å²) in [6.07, 6.45) is 7.05. The van der Waals surface area contributed by atoms with Crippen LogP contribution in [0.25, 0.3) is 0 Å². The van der Waals surface area contributed by atoms with Gasteiger partial charge in [0.1, 0.15) is 0 Å². The number of piperidine rings is 1. The van der Waals surface area contributed by atoms with Crippen LogP contribution in [0.2, 0.25) is 0 Å². The van der Waals surface area contributed by atoms with Gasteiger partial charge in [0.15, 0.2) is 0 Å². The number of amides is 1. The predicted molar refractivity (Wildman–Crippen MR) is 89.3 cm³/mol. The van der Waals surface area contributed by atoms with E-state index in [4.69, 9.17) is 0 Å². The molecule has 1 atom stereocenters. The van der Waals surface area contributed by atoms with Crippen molar-refractivity contribution in [2.75, 3.05) is 16.8 Å². The Labute approximate surface area is 131 Å². The van der Waals surface area contributed by atoms with E-state index < -0.39 is 0 Å². The lowest BCUT2D eigenvalue weighted by Gasteiger charge is -2.35. The first-order valence-corrected chi connectivity index (χ1v) is 7.82. The predicted octanol–water partition coefficient (Wildman–Crippen LogP) is 3.71. The molecule has 2 aromatic rings. The molecule has 3 rings (SSSR count). The van der Waals surface area contributed by atoms with Gasteiger partial charge in [-0.2, -0.15) is 0 Å². The number of hydrogen-bond acceptors (Lipinski definition) is 3. The number of hydrogen-bond donors (Lipinski definition) is 1. The third-order valence-electron chi connectivity index (χ3n) is 4.18. The van der Waals surface area contributed by atoms with Crippen molar-refractivity contribution in [3.05, 3.63) is 54.4 Å². The van der Waals surface area contributed by atoms with Crippen LogP contribution in [0.15, 0.2) is 48.8 Å². The summed E-state index contributed by atoms with van der Waals surface area (Å²) in [5, 5.41) is 2.90. The molecule has 0 spiro atoms. The molecule has 22 heavy (non-hydrogen) atoms. The van der Waals surface area contributed by atoms with Gasteiger partial charge in [-0.3, -0.25) is 9.78 Å². The summed E-state index contributed by atoms with van der Waals surface area (Å²) in [5.41, 5.74) is 2.60.